The minimum atomic E-state index is -0.536. The largest absolute Gasteiger partial charge is 0.486 e. The molecule has 0 unspecified atom stereocenters. The SMILES string of the molecule is C=CCOc1ccc(C=O)cc1F. The maximum Gasteiger partial charge on any atom is 0.165 e. The lowest BCUT2D eigenvalue weighted by atomic mass is 10.2. The van der Waals surface area contributed by atoms with E-state index in [2.05, 4.69) is 6.58 Å². The van der Waals surface area contributed by atoms with Gasteiger partial charge < -0.3 is 4.74 Å². The van der Waals surface area contributed by atoms with Crippen LogP contribution >= 0.6 is 0 Å². The topological polar surface area (TPSA) is 26.3 Å². The molecular weight excluding hydrogens is 171 g/mol. The van der Waals surface area contributed by atoms with Crippen molar-refractivity contribution in [2.45, 2.75) is 0 Å². The van der Waals surface area contributed by atoms with Crippen molar-refractivity contribution in [3.8, 4) is 5.75 Å². The second-order valence-electron chi connectivity index (χ2n) is 2.41. The van der Waals surface area contributed by atoms with Gasteiger partial charge in [0.15, 0.2) is 11.6 Å². The van der Waals surface area contributed by atoms with Crippen LogP contribution in [-0.4, -0.2) is 12.9 Å². The fourth-order valence-corrected chi connectivity index (χ4v) is 0.856. The van der Waals surface area contributed by atoms with Crippen molar-refractivity contribution in [3.63, 3.8) is 0 Å². The van der Waals surface area contributed by atoms with E-state index < -0.39 is 5.82 Å². The molecule has 1 rings (SSSR count). The molecule has 0 aromatic heterocycles. The number of carbonyl (C=O) groups excluding carboxylic acids is 1. The summed E-state index contributed by atoms with van der Waals surface area (Å²) in [5.74, 6) is -0.406. The summed E-state index contributed by atoms with van der Waals surface area (Å²) in [6, 6.07) is 4.04. The second kappa shape index (κ2) is 4.40. The molecule has 0 amide bonds. The third-order valence-corrected chi connectivity index (χ3v) is 1.45. The zero-order valence-electron chi connectivity index (χ0n) is 7.00. The predicted octanol–water partition coefficient (Wildman–Crippen LogP) is 2.20. The lowest BCUT2D eigenvalue weighted by Gasteiger charge is -2.03. The van der Waals surface area contributed by atoms with Gasteiger partial charge in [-0.05, 0) is 18.2 Å². The molecular formula is C10H9FO2. The van der Waals surface area contributed by atoms with Crippen LogP contribution in [0.1, 0.15) is 10.4 Å². The van der Waals surface area contributed by atoms with Crippen molar-refractivity contribution >= 4 is 6.29 Å². The zero-order chi connectivity index (χ0) is 9.68. The van der Waals surface area contributed by atoms with Gasteiger partial charge in [0.05, 0.1) is 0 Å². The van der Waals surface area contributed by atoms with Crippen LogP contribution in [0, 0.1) is 5.82 Å². The van der Waals surface area contributed by atoms with E-state index in [4.69, 9.17) is 4.74 Å². The van der Waals surface area contributed by atoms with E-state index in [1.807, 2.05) is 0 Å². The number of rotatable bonds is 4. The first-order valence-corrected chi connectivity index (χ1v) is 3.76. The smallest absolute Gasteiger partial charge is 0.165 e. The minimum Gasteiger partial charge on any atom is -0.486 e. The highest BCUT2D eigenvalue weighted by atomic mass is 19.1. The lowest BCUT2D eigenvalue weighted by Crippen LogP contribution is -1.96. The number of benzene rings is 1. The zero-order valence-corrected chi connectivity index (χ0v) is 7.00. The molecule has 0 saturated heterocycles. The van der Waals surface area contributed by atoms with E-state index >= 15 is 0 Å². The van der Waals surface area contributed by atoms with E-state index in [1.165, 1.54) is 18.2 Å². The number of carbonyl (C=O) groups is 1. The Morgan fingerprint density at radius 3 is 2.85 bits per heavy atom. The van der Waals surface area contributed by atoms with Gasteiger partial charge in [-0.3, -0.25) is 4.79 Å². The van der Waals surface area contributed by atoms with Gasteiger partial charge in [0.2, 0.25) is 0 Å². The summed E-state index contributed by atoms with van der Waals surface area (Å²) in [6.45, 7) is 3.68. The summed E-state index contributed by atoms with van der Waals surface area (Å²) in [7, 11) is 0. The summed E-state index contributed by atoms with van der Waals surface area (Å²) < 4.78 is 18.0. The summed E-state index contributed by atoms with van der Waals surface area (Å²) >= 11 is 0. The quantitative estimate of drug-likeness (QED) is 0.524. The average molecular weight is 180 g/mol. The summed E-state index contributed by atoms with van der Waals surface area (Å²) in [6.07, 6.45) is 2.10. The first-order chi connectivity index (χ1) is 6.27. The van der Waals surface area contributed by atoms with E-state index in [1.54, 1.807) is 0 Å². The molecule has 0 atom stereocenters. The van der Waals surface area contributed by atoms with E-state index in [0.29, 0.717) is 11.8 Å². The van der Waals surface area contributed by atoms with Crippen LogP contribution < -0.4 is 4.74 Å². The van der Waals surface area contributed by atoms with Crippen LogP contribution in [-0.2, 0) is 0 Å². The van der Waals surface area contributed by atoms with Gasteiger partial charge >= 0.3 is 0 Å². The van der Waals surface area contributed by atoms with Crippen molar-refractivity contribution < 1.29 is 13.9 Å². The molecule has 0 saturated carbocycles. The van der Waals surface area contributed by atoms with Crippen LogP contribution in [0.2, 0.25) is 0 Å². The Kier molecular flexibility index (Phi) is 3.20. The van der Waals surface area contributed by atoms with E-state index in [0.717, 1.165) is 6.07 Å². The Labute approximate surface area is 75.6 Å². The molecule has 0 spiro atoms. The maximum absolute atomic E-state index is 13.0. The number of halogens is 1. The molecule has 0 bridgehead atoms. The Bertz CT molecular complexity index is 321. The Morgan fingerprint density at radius 1 is 1.54 bits per heavy atom. The van der Waals surface area contributed by atoms with Crippen molar-refractivity contribution in [1.82, 2.24) is 0 Å². The standard InChI is InChI=1S/C10H9FO2/c1-2-5-13-10-4-3-8(7-12)6-9(10)11/h2-4,6-7H,1,5H2. The highest BCUT2D eigenvalue weighted by Crippen LogP contribution is 2.17. The van der Waals surface area contributed by atoms with Crippen LogP contribution in [0.25, 0.3) is 0 Å². The third kappa shape index (κ3) is 2.40. The predicted molar refractivity (Wildman–Crippen MR) is 47.5 cm³/mol. The molecule has 1 aromatic carbocycles. The Morgan fingerprint density at radius 2 is 2.31 bits per heavy atom. The average Bonchev–Trinajstić information content (AvgIpc) is 2.16. The van der Waals surface area contributed by atoms with E-state index in [-0.39, 0.29) is 12.4 Å². The van der Waals surface area contributed by atoms with Crippen LogP contribution in [0.4, 0.5) is 4.39 Å². The van der Waals surface area contributed by atoms with Crippen molar-refractivity contribution in [2.24, 2.45) is 0 Å². The minimum absolute atomic E-state index is 0.130. The van der Waals surface area contributed by atoms with Gasteiger partial charge in [0.1, 0.15) is 12.9 Å². The fraction of sp³-hybridized carbons (Fsp3) is 0.100. The molecule has 0 aliphatic heterocycles. The van der Waals surface area contributed by atoms with Gasteiger partial charge in [0, 0.05) is 5.56 Å². The molecule has 68 valence electrons. The number of aldehydes is 1. The lowest BCUT2D eigenvalue weighted by molar-refractivity contribution is 0.112. The van der Waals surface area contributed by atoms with Gasteiger partial charge in [-0.1, -0.05) is 12.7 Å². The fourth-order valence-electron chi connectivity index (χ4n) is 0.856. The molecule has 0 fully saturated rings. The molecule has 0 N–H and O–H groups in total. The second-order valence-corrected chi connectivity index (χ2v) is 2.41. The normalized spacial score (nSPS) is 9.31. The molecule has 1 aromatic rings. The van der Waals surface area contributed by atoms with Crippen LogP contribution in [0.5, 0.6) is 5.75 Å². The molecule has 13 heavy (non-hydrogen) atoms. The van der Waals surface area contributed by atoms with Crippen LogP contribution in [0.15, 0.2) is 30.9 Å². The van der Waals surface area contributed by atoms with Gasteiger partial charge in [-0.15, -0.1) is 0 Å². The van der Waals surface area contributed by atoms with Crippen molar-refractivity contribution in [3.05, 3.63) is 42.2 Å². The van der Waals surface area contributed by atoms with E-state index in [9.17, 15) is 9.18 Å². The third-order valence-electron chi connectivity index (χ3n) is 1.45. The highest BCUT2D eigenvalue weighted by molar-refractivity contribution is 5.74. The first kappa shape index (κ1) is 9.45. The van der Waals surface area contributed by atoms with Gasteiger partial charge in [0.25, 0.3) is 0 Å². The number of hydrogen-bond acceptors (Lipinski definition) is 2. The summed E-state index contributed by atoms with van der Waals surface area (Å²) in [5.41, 5.74) is 0.295. The summed E-state index contributed by atoms with van der Waals surface area (Å²) in [4.78, 5) is 10.3. The summed E-state index contributed by atoms with van der Waals surface area (Å²) in [5, 5.41) is 0. The monoisotopic (exact) mass is 180 g/mol. The first-order valence-electron chi connectivity index (χ1n) is 3.76. The van der Waals surface area contributed by atoms with Gasteiger partial charge in [-0.25, -0.2) is 4.39 Å². The van der Waals surface area contributed by atoms with Crippen molar-refractivity contribution in [2.75, 3.05) is 6.61 Å². The molecule has 0 radical (unpaired) electrons. The molecule has 3 heteroatoms. The number of ether oxygens (including phenoxy) is 1. The van der Waals surface area contributed by atoms with Gasteiger partial charge in [-0.2, -0.15) is 0 Å². The molecule has 0 aliphatic rings. The Hall–Kier alpha value is -1.64. The highest BCUT2D eigenvalue weighted by Gasteiger charge is 2.02. The van der Waals surface area contributed by atoms with Crippen LogP contribution in [0.3, 0.4) is 0 Å². The molecule has 0 heterocycles. The molecule has 2 nitrogen and oxygen atoms in total. The Balaban J connectivity index is 2.84. The maximum atomic E-state index is 13.0. The number of hydrogen-bond donors (Lipinski definition) is 0. The van der Waals surface area contributed by atoms with Crippen molar-refractivity contribution in [1.29, 1.82) is 0 Å². The molecule has 0 aliphatic carbocycles.